The van der Waals surface area contributed by atoms with Crippen LogP contribution in [0.1, 0.15) is 82.1 Å². The van der Waals surface area contributed by atoms with Crippen molar-refractivity contribution in [3.8, 4) is 0 Å². The molecule has 0 spiro atoms. The van der Waals surface area contributed by atoms with Gasteiger partial charge in [0.1, 0.15) is 0 Å². The molecule has 0 aliphatic carbocycles. The van der Waals surface area contributed by atoms with Gasteiger partial charge in [-0.05, 0) is 88.0 Å². The zero-order valence-corrected chi connectivity index (χ0v) is 23.1. The molecular formula is C24H53N2O4P. The molecule has 0 saturated heterocycles. The number of aliphatic hydroxyl groups excluding tert-OH is 1. The molecular weight excluding hydrogens is 411 g/mol. The van der Waals surface area contributed by atoms with E-state index in [-0.39, 0.29) is 42.2 Å². The van der Waals surface area contributed by atoms with Crippen molar-refractivity contribution in [1.29, 1.82) is 0 Å². The maximum absolute atomic E-state index is 10.3. The van der Waals surface area contributed by atoms with E-state index in [9.17, 15) is 5.11 Å². The van der Waals surface area contributed by atoms with E-state index < -0.39 is 19.1 Å². The lowest BCUT2D eigenvalue weighted by Crippen LogP contribution is -2.51. The Kier molecular flexibility index (Phi) is 13.3. The molecule has 0 saturated carbocycles. The summed E-state index contributed by atoms with van der Waals surface area (Å²) < 4.78 is 18.9. The lowest BCUT2D eigenvalue weighted by Gasteiger charge is -2.42. The van der Waals surface area contributed by atoms with E-state index in [4.69, 9.17) is 25.7 Å². The van der Waals surface area contributed by atoms with Crippen molar-refractivity contribution >= 4 is 7.92 Å². The van der Waals surface area contributed by atoms with Crippen LogP contribution >= 0.6 is 7.92 Å². The molecule has 0 radical (unpaired) electrons. The van der Waals surface area contributed by atoms with E-state index in [1.54, 1.807) is 0 Å². The first kappa shape index (κ1) is 31.2. The summed E-state index contributed by atoms with van der Waals surface area (Å²) in [6.45, 7) is 23.3. The van der Waals surface area contributed by atoms with Crippen molar-refractivity contribution in [2.75, 3.05) is 26.0 Å². The van der Waals surface area contributed by atoms with Gasteiger partial charge in [0.25, 0.3) is 0 Å². The summed E-state index contributed by atoms with van der Waals surface area (Å²) in [4.78, 5) is 0. The molecule has 0 aliphatic heterocycles. The zero-order valence-electron chi connectivity index (χ0n) is 22.2. The van der Waals surface area contributed by atoms with E-state index in [0.717, 1.165) is 19.0 Å². The minimum atomic E-state index is -0.508. The van der Waals surface area contributed by atoms with Crippen LogP contribution in [0.15, 0.2) is 0 Å². The van der Waals surface area contributed by atoms with Crippen molar-refractivity contribution in [3.63, 3.8) is 0 Å². The van der Waals surface area contributed by atoms with Crippen molar-refractivity contribution < 1.29 is 19.3 Å². The van der Waals surface area contributed by atoms with Gasteiger partial charge in [0.2, 0.25) is 0 Å². The fraction of sp³-hybridized carbons (Fsp3) is 1.00. The van der Waals surface area contributed by atoms with Gasteiger partial charge in [0.05, 0.1) is 42.5 Å². The molecule has 5 N–H and O–H groups in total. The average molecular weight is 465 g/mol. The average Bonchev–Trinajstić information content (AvgIpc) is 2.63. The summed E-state index contributed by atoms with van der Waals surface area (Å²) in [5, 5.41) is 10.3. The Labute approximate surface area is 193 Å². The predicted octanol–water partition coefficient (Wildman–Crippen LogP) is 4.30. The highest BCUT2D eigenvalue weighted by molar-refractivity contribution is 7.57. The lowest BCUT2D eigenvalue weighted by molar-refractivity contribution is -0.182. The van der Waals surface area contributed by atoms with E-state index >= 15 is 0 Å². The van der Waals surface area contributed by atoms with Gasteiger partial charge in [-0.3, -0.25) is 0 Å². The third kappa shape index (κ3) is 10.8. The van der Waals surface area contributed by atoms with Gasteiger partial charge in [-0.15, -0.1) is 0 Å². The molecule has 0 aromatic heterocycles. The molecule has 6 nitrogen and oxygen atoms in total. The van der Waals surface area contributed by atoms with E-state index in [1.807, 2.05) is 48.5 Å². The molecule has 0 aromatic carbocycles. The standard InChI is InChI=1S/C24H53N2O4P/c1-12-24(14-27,16-31(11)21(6)29-18(3)13-17(2)25)15-28-23(9,10)20(5)30-22(7,8)19(4)26/h17-21,27H,12-16,25-26H2,1-11H3. The molecule has 7 heteroatoms. The summed E-state index contributed by atoms with van der Waals surface area (Å²) in [5.41, 5.74) is 10.7. The van der Waals surface area contributed by atoms with Crippen LogP contribution in [0.25, 0.3) is 0 Å². The quantitative estimate of drug-likeness (QED) is 0.295. The van der Waals surface area contributed by atoms with Crippen LogP contribution < -0.4 is 11.5 Å². The highest BCUT2D eigenvalue weighted by Crippen LogP contribution is 2.46. The molecule has 0 heterocycles. The maximum atomic E-state index is 10.3. The van der Waals surface area contributed by atoms with Gasteiger partial charge in [0, 0.05) is 17.5 Å². The third-order valence-corrected chi connectivity index (χ3v) is 9.26. The number of ether oxygens (including phenoxy) is 3. The van der Waals surface area contributed by atoms with Crippen molar-refractivity contribution in [2.45, 2.75) is 123 Å². The number of hydrogen-bond acceptors (Lipinski definition) is 6. The maximum Gasteiger partial charge on any atom is 0.0884 e. The van der Waals surface area contributed by atoms with Crippen LogP contribution in [0, 0.1) is 5.41 Å². The second-order valence-electron chi connectivity index (χ2n) is 10.7. The highest BCUT2D eigenvalue weighted by atomic mass is 31.1. The first-order valence-corrected chi connectivity index (χ1v) is 13.9. The van der Waals surface area contributed by atoms with E-state index in [2.05, 4.69) is 27.4 Å². The summed E-state index contributed by atoms with van der Waals surface area (Å²) in [6.07, 6.45) is 2.56. The van der Waals surface area contributed by atoms with Crippen molar-refractivity contribution in [2.24, 2.45) is 16.9 Å². The lowest BCUT2D eigenvalue weighted by atomic mass is 9.89. The molecule has 188 valence electrons. The number of rotatable bonds is 16. The second kappa shape index (κ2) is 13.2. The van der Waals surface area contributed by atoms with Gasteiger partial charge in [-0.1, -0.05) is 14.8 Å². The summed E-state index contributed by atoms with van der Waals surface area (Å²) in [7, 11) is -0.443. The number of nitrogens with two attached hydrogens (primary N) is 2. The van der Waals surface area contributed by atoms with E-state index in [0.29, 0.717) is 6.61 Å². The van der Waals surface area contributed by atoms with E-state index in [1.165, 1.54) is 0 Å². The normalized spacial score (nSPS) is 21.1. The summed E-state index contributed by atoms with van der Waals surface area (Å²) in [5.74, 6) is 0.142. The van der Waals surface area contributed by atoms with Crippen molar-refractivity contribution in [1.82, 2.24) is 0 Å². The van der Waals surface area contributed by atoms with Gasteiger partial charge < -0.3 is 30.8 Å². The van der Waals surface area contributed by atoms with Crippen LogP contribution in [-0.4, -0.2) is 72.5 Å². The molecule has 0 amide bonds. The first-order chi connectivity index (χ1) is 14.0. The molecule has 7 unspecified atom stereocenters. The SMILES string of the molecule is CCC(CO)(COC(C)(C)C(C)OC(C)(C)C(C)N)CP(C)C(C)OC(C)CC(C)N. The second-order valence-corrected chi connectivity index (χ2v) is 13.3. The molecule has 0 aliphatic rings. The van der Waals surface area contributed by atoms with Gasteiger partial charge in [-0.25, -0.2) is 0 Å². The smallest absolute Gasteiger partial charge is 0.0884 e. The Balaban J connectivity index is 5.08. The molecule has 0 bridgehead atoms. The van der Waals surface area contributed by atoms with Gasteiger partial charge >= 0.3 is 0 Å². The first-order valence-electron chi connectivity index (χ1n) is 11.8. The Hall–Kier alpha value is 0.190. The van der Waals surface area contributed by atoms with Gasteiger partial charge in [-0.2, -0.15) is 0 Å². The summed E-state index contributed by atoms with van der Waals surface area (Å²) in [6, 6.07) is 0.0391. The Morgan fingerprint density at radius 1 is 0.968 bits per heavy atom. The number of hydrogen-bond donors (Lipinski definition) is 3. The Morgan fingerprint density at radius 2 is 1.52 bits per heavy atom. The number of aliphatic hydroxyl groups is 1. The van der Waals surface area contributed by atoms with Crippen LogP contribution in [0.5, 0.6) is 0 Å². The monoisotopic (exact) mass is 464 g/mol. The minimum Gasteiger partial charge on any atom is -0.396 e. The topological polar surface area (TPSA) is 100.0 Å². The van der Waals surface area contributed by atoms with Crippen LogP contribution in [0.2, 0.25) is 0 Å². The fourth-order valence-corrected chi connectivity index (χ4v) is 5.45. The largest absolute Gasteiger partial charge is 0.396 e. The van der Waals surface area contributed by atoms with Gasteiger partial charge in [0.15, 0.2) is 0 Å². The van der Waals surface area contributed by atoms with Crippen molar-refractivity contribution in [3.05, 3.63) is 0 Å². The third-order valence-electron chi connectivity index (χ3n) is 6.73. The molecule has 0 aromatic rings. The molecule has 31 heavy (non-hydrogen) atoms. The molecule has 0 fully saturated rings. The summed E-state index contributed by atoms with van der Waals surface area (Å²) >= 11 is 0. The Morgan fingerprint density at radius 3 is 1.94 bits per heavy atom. The predicted molar refractivity (Wildman–Crippen MR) is 134 cm³/mol. The highest BCUT2D eigenvalue weighted by Gasteiger charge is 2.38. The van der Waals surface area contributed by atoms with Crippen LogP contribution in [-0.2, 0) is 14.2 Å². The Bertz CT molecular complexity index is 496. The molecule has 7 atom stereocenters. The van der Waals surface area contributed by atoms with Crippen LogP contribution in [0.3, 0.4) is 0 Å². The zero-order chi connectivity index (χ0) is 24.6. The van der Waals surface area contributed by atoms with Crippen LogP contribution in [0.4, 0.5) is 0 Å². The molecule has 0 rings (SSSR count). The minimum absolute atomic E-state index is 0.0901. The fourth-order valence-electron chi connectivity index (χ4n) is 3.31.